The van der Waals surface area contributed by atoms with Crippen LogP contribution in [0.2, 0.25) is 0 Å². The van der Waals surface area contributed by atoms with Crippen LogP contribution in [0, 0.1) is 0 Å². The fourth-order valence-electron chi connectivity index (χ4n) is 1.13. The predicted molar refractivity (Wildman–Crippen MR) is 55.5 cm³/mol. The molecular weight excluding hydrogens is 216 g/mol. The van der Waals surface area contributed by atoms with E-state index in [2.05, 4.69) is 39.7 Å². The van der Waals surface area contributed by atoms with Gasteiger partial charge in [0.15, 0.2) is 0 Å². The standard InChI is InChI=1S/C9H13BrN2/c1-3-12(4-2)9-8(10)6-5-7-11-9/h5-7H,3-4H2,1-2H3. The molecule has 3 heteroatoms. The summed E-state index contributed by atoms with van der Waals surface area (Å²) in [7, 11) is 0. The SMILES string of the molecule is CCN(CC)c1ncccc1Br. The molecule has 0 saturated heterocycles. The first-order valence-corrected chi connectivity index (χ1v) is 4.94. The summed E-state index contributed by atoms with van der Waals surface area (Å²) in [6.45, 7) is 6.24. The third kappa shape index (κ3) is 1.97. The van der Waals surface area contributed by atoms with Crippen LogP contribution >= 0.6 is 15.9 Å². The van der Waals surface area contributed by atoms with E-state index in [0.717, 1.165) is 23.4 Å². The van der Waals surface area contributed by atoms with Crippen molar-refractivity contribution in [3.63, 3.8) is 0 Å². The Morgan fingerprint density at radius 2 is 2.08 bits per heavy atom. The van der Waals surface area contributed by atoms with Crippen LogP contribution in [0.5, 0.6) is 0 Å². The Kier molecular flexibility index (Phi) is 3.53. The molecule has 1 aromatic heterocycles. The summed E-state index contributed by atoms with van der Waals surface area (Å²) >= 11 is 3.47. The van der Waals surface area contributed by atoms with E-state index in [1.165, 1.54) is 0 Å². The number of pyridine rings is 1. The minimum absolute atomic E-state index is 0.992. The molecule has 0 aliphatic carbocycles. The van der Waals surface area contributed by atoms with Crippen LogP contribution in [-0.4, -0.2) is 18.1 Å². The first kappa shape index (κ1) is 9.52. The van der Waals surface area contributed by atoms with Crippen molar-refractivity contribution in [3.8, 4) is 0 Å². The minimum Gasteiger partial charge on any atom is -0.356 e. The van der Waals surface area contributed by atoms with Gasteiger partial charge >= 0.3 is 0 Å². The monoisotopic (exact) mass is 228 g/mol. The second kappa shape index (κ2) is 4.45. The van der Waals surface area contributed by atoms with Gasteiger partial charge in [-0.05, 0) is 41.9 Å². The third-order valence-electron chi connectivity index (χ3n) is 1.80. The van der Waals surface area contributed by atoms with E-state index < -0.39 is 0 Å². The molecule has 0 saturated carbocycles. The zero-order valence-electron chi connectivity index (χ0n) is 7.42. The van der Waals surface area contributed by atoms with Gasteiger partial charge in [-0.1, -0.05) is 0 Å². The normalized spacial score (nSPS) is 9.92. The van der Waals surface area contributed by atoms with E-state index in [1.807, 2.05) is 18.3 Å². The summed E-state index contributed by atoms with van der Waals surface area (Å²) in [4.78, 5) is 6.51. The number of anilines is 1. The van der Waals surface area contributed by atoms with Gasteiger partial charge in [0.1, 0.15) is 5.82 Å². The Hall–Kier alpha value is -0.570. The Morgan fingerprint density at radius 1 is 1.42 bits per heavy atom. The molecule has 0 fully saturated rings. The molecule has 0 spiro atoms. The molecule has 0 amide bonds. The lowest BCUT2D eigenvalue weighted by molar-refractivity contribution is 0.843. The Balaban J connectivity index is 2.92. The van der Waals surface area contributed by atoms with Crippen molar-refractivity contribution in [1.29, 1.82) is 0 Å². The zero-order chi connectivity index (χ0) is 8.97. The van der Waals surface area contributed by atoms with Crippen molar-refractivity contribution in [2.24, 2.45) is 0 Å². The number of hydrogen-bond acceptors (Lipinski definition) is 2. The average Bonchev–Trinajstić information content (AvgIpc) is 2.10. The molecule has 0 unspecified atom stereocenters. The van der Waals surface area contributed by atoms with Crippen LogP contribution < -0.4 is 4.90 Å². The summed E-state index contributed by atoms with van der Waals surface area (Å²) < 4.78 is 1.06. The highest BCUT2D eigenvalue weighted by Crippen LogP contribution is 2.22. The minimum atomic E-state index is 0.992. The Bertz CT molecular complexity index is 246. The van der Waals surface area contributed by atoms with Gasteiger partial charge in [-0.3, -0.25) is 0 Å². The van der Waals surface area contributed by atoms with Gasteiger partial charge in [0.05, 0.1) is 4.47 Å². The molecular formula is C9H13BrN2. The summed E-state index contributed by atoms with van der Waals surface area (Å²) in [6, 6.07) is 3.94. The number of halogens is 1. The van der Waals surface area contributed by atoms with Crippen molar-refractivity contribution in [2.45, 2.75) is 13.8 Å². The van der Waals surface area contributed by atoms with E-state index in [0.29, 0.717) is 0 Å². The molecule has 66 valence electrons. The Labute approximate surface area is 81.7 Å². The molecule has 1 heterocycles. The van der Waals surface area contributed by atoms with Gasteiger partial charge in [0.25, 0.3) is 0 Å². The molecule has 0 radical (unpaired) electrons. The maximum Gasteiger partial charge on any atom is 0.142 e. The van der Waals surface area contributed by atoms with E-state index in [4.69, 9.17) is 0 Å². The molecule has 0 N–H and O–H groups in total. The van der Waals surface area contributed by atoms with Crippen LogP contribution in [0.4, 0.5) is 5.82 Å². The van der Waals surface area contributed by atoms with Crippen molar-refractivity contribution >= 4 is 21.7 Å². The molecule has 0 aromatic carbocycles. The smallest absolute Gasteiger partial charge is 0.142 e. The summed E-state index contributed by atoms with van der Waals surface area (Å²) in [5, 5.41) is 0. The van der Waals surface area contributed by atoms with Crippen LogP contribution in [0.15, 0.2) is 22.8 Å². The van der Waals surface area contributed by atoms with Crippen LogP contribution in [0.1, 0.15) is 13.8 Å². The molecule has 12 heavy (non-hydrogen) atoms. The number of hydrogen-bond donors (Lipinski definition) is 0. The van der Waals surface area contributed by atoms with Gasteiger partial charge in [-0.15, -0.1) is 0 Å². The van der Waals surface area contributed by atoms with Gasteiger partial charge in [-0.25, -0.2) is 4.98 Å². The lowest BCUT2D eigenvalue weighted by Gasteiger charge is -2.20. The molecule has 1 rings (SSSR count). The highest BCUT2D eigenvalue weighted by molar-refractivity contribution is 9.10. The average molecular weight is 229 g/mol. The van der Waals surface area contributed by atoms with Gasteiger partial charge in [0.2, 0.25) is 0 Å². The first-order valence-electron chi connectivity index (χ1n) is 4.15. The number of rotatable bonds is 3. The summed E-state index contributed by atoms with van der Waals surface area (Å²) in [5.41, 5.74) is 0. The van der Waals surface area contributed by atoms with Crippen LogP contribution in [0.3, 0.4) is 0 Å². The highest BCUT2D eigenvalue weighted by Gasteiger charge is 2.05. The second-order valence-corrected chi connectivity index (χ2v) is 3.34. The summed E-state index contributed by atoms with van der Waals surface area (Å²) in [5.74, 6) is 1.03. The van der Waals surface area contributed by atoms with E-state index >= 15 is 0 Å². The molecule has 0 aliphatic heterocycles. The van der Waals surface area contributed by atoms with Crippen molar-refractivity contribution < 1.29 is 0 Å². The topological polar surface area (TPSA) is 16.1 Å². The lowest BCUT2D eigenvalue weighted by atomic mass is 10.4. The number of aromatic nitrogens is 1. The summed E-state index contributed by atoms with van der Waals surface area (Å²) in [6.07, 6.45) is 1.82. The Morgan fingerprint density at radius 3 is 2.58 bits per heavy atom. The van der Waals surface area contributed by atoms with Gasteiger partial charge < -0.3 is 4.90 Å². The lowest BCUT2D eigenvalue weighted by Crippen LogP contribution is -2.23. The molecule has 0 aliphatic rings. The van der Waals surface area contributed by atoms with E-state index in [9.17, 15) is 0 Å². The predicted octanol–water partition coefficient (Wildman–Crippen LogP) is 2.69. The molecule has 1 aromatic rings. The maximum absolute atomic E-state index is 4.30. The third-order valence-corrected chi connectivity index (χ3v) is 2.42. The van der Waals surface area contributed by atoms with E-state index in [1.54, 1.807) is 0 Å². The fraction of sp³-hybridized carbons (Fsp3) is 0.444. The maximum atomic E-state index is 4.30. The quantitative estimate of drug-likeness (QED) is 0.792. The first-order chi connectivity index (χ1) is 5.79. The van der Waals surface area contributed by atoms with Gasteiger partial charge in [-0.2, -0.15) is 0 Å². The van der Waals surface area contributed by atoms with Crippen molar-refractivity contribution in [2.75, 3.05) is 18.0 Å². The molecule has 0 atom stereocenters. The van der Waals surface area contributed by atoms with Crippen LogP contribution in [0.25, 0.3) is 0 Å². The van der Waals surface area contributed by atoms with Crippen molar-refractivity contribution in [1.82, 2.24) is 4.98 Å². The van der Waals surface area contributed by atoms with Crippen molar-refractivity contribution in [3.05, 3.63) is 22.8 Å². The number of nitrogens with zero attached hydrogens (tertiary/aromatic N) is 2. The molecule has 0 bridgehead atoms. The molecule has 2 nitrogen and oxygen atoms in total. The van der Waals surface area contributed by atoms with E-state index in [-0.39, 0.29) is 0 Å². The second-order valence-electron chi connectivity index (χ2n) is 2.48. The van der Waals surface area contributed by atoms with Gasteiger partial charge in [0, 0.05) is 19.3 Å². The highest BCUT2D eigenvalue weighted by atomic mass is 79.9. The largest absolute Gasteiger partial charge is 0.356 e. The zero-order valence-corrected chi connectivity index (χ0v) is 9.00. The fourth-order valence-corrected chi connectivity index (χ4v) is 1.64. The van der Waals surface area contributed by atoms with Crippen LogP contribution in [-0.2, 0) is 0 Å².